The van der Waals surface area contributed by atoms with Crippen molar-refractivity contribution in [3.05, 3.63) is 68.1 Å². The zero-order valence-corrected chi connectivity index (χ0v) is 15.9. The number of halogens is 2. The third-order valence-electron chi connectivity index (χ3n) is 3.37. The highest BCUT2D eigenvalue weighted by Gasteiger charge is 2.15. The number of nitrogens with one attached hydrogen (secondary N) is 1. The molecular formula is C18H14Br2N2O2. The molecular weight excluding hydrogens is 436 g/mol. The summed E-state index contributed by atoms with van der Waals surface area (Å²) in [4.78, 5) is 12.3. The lowest BCUT2D eigenvalue weighted by molar-refractivity contribution is -0.117. The average molecular weight is 450 g/mol. The van der Waals surface area contributed by atoms with Gasteiger partial charge in [0.05, 0.1) is 10.5 Å². The lowest BCUT2D eigenvalue weighted by Gasteiger charge is -2.14. The fourth-order valence-corrected chi connectivity index (χ4v) is 3.36. The van der Waals surface area contributed by atoms with Crippen LogP contribution in [0.5, 0.6) is 5.75 Å². The molecule has 2 N–H and O–H groups in total. The minimum atomic E-state index is -0.496. The van der Waals surface area contributed by atoms with E-state index in [4.69, 9.17) is 0 Å². The first-order valence-electron chi connectivity index (χ1n) is 7.08. The van der Waals surface area contributed by atoms with E-state index in [9.17, 15) is 15.2 Å². The minimum absolute atomic E-state index is 0.0325. The van der Waals surface area contributed by atoms with E-state index >= 15 is 0 Å². The quantitative estimate of drug-likeness (QED) is 0.524. The second-order valence-electron chi connectivity index (χ2n) is 5.10. The fraction of sp³-hybridized carbons (Fsp3) is 0.111. The maximum absolute atomic E-state index is 12.3. The largest absolute Gasteiger partial charge is 0.506 e. The number of hydrogen-bond acceptors (Lipinski definition) is 3. The van der Waals surface area contributed by atoms with Crippen LogP contribution in [0, 0.1) is 11.3 Å². The maximum atomic E-state index is 12.3. The molecule has 0 saturated heterocycles. The number of aromatic hydroxyl groups is 1. The van der Waals surface area contributed by atoms with E-state index in [1.54, 1.807) is 12.1 Å². The van der Waals surface area contributed by atoms with E-state index in [1.165, 1.54) is 6.08 Å². The van der Waals surface area contributed by atoms with Gasteiger partial charge in [-0.1, -0.05) is 46.3 Å². The molecule has 2 aromatic rings. The summed E-state index contributed by atoms with van der Waals surface area (Å²) in [6.07, 6.45) is 1.36. The number of nitriles is 1. The summed E-state index contributed by atoms with van der Waals surface area (Å²) in [6.45, 7) is 1.84. The van der Waals surface area contributed by atoms with Crippen molar-refractivity contribution in [3.8, 4) is 11.8 Å². The van der Waals surface area contributed by atoms with Gasteiger partial charge in [-0.25, -0.2) is 0 Å². The van der Waals surface area contributed by atoms with Gasteiger partial charge in [0.15, 0.2) is 0 Å². The molecule has 4 nitrogen and oxygen atoms in total. The van der Waals surface area contributed by atoms with E-state index in [0.717, 1.165) is 5.56 Å². The molecule has 2 rings (SSSR count). The van der Waals surface area contributed by atoms with E-state index in [0.29, 0.717) is 14.5 Å². The zero-order valence-electron chi connectivity index (χ0n) is 12.8. The third-order valence-corrected chi connectivity index (χ3v) is 4.43. The molecule has 24 heavy (non-hydrogen) atoms. The Bertz CT molecular complexity index is 827. The summed E-state index contributed by atoms with van der Waals surface area (Å²) in [7, 11) is 0. The van der Waals surface area contributed by atoms with Gasteiger partial charge in [-0.15, -0.1) is 0 Å². The van der Waals surface area contributed by atoms with Gasteiger partial charge >= 0.3 is 0 Å². The van der Waals surface area contributed by atoms with Crippen molar-refractivity contribution in [1.29, 1.82) is 5.26 Å². The summed E-state index contributed by atoms with van der Waals surface area (Å²) < 4.78 is 1.19. The molecule has 1 amide bonds. The second kappa shape index (κ2) is 8.13. The summed E-state index contributed by atoms with van der Waals surface area (Å²) in [5.74, 6) is -0.529. The van der Waals surface area contributed by atoms with Crippen LogP contribution in [-0.4, -0.2) is 11.0 Å². The van der Waals surface area contributed by atoms with Crippen LogP contribution < -0.4 is 5.32 Å². The minimum Gasteiger partial charge on any atom is -0.506 e. The highest BCUT2D eigenvalue weighted by atomic mass is 79.9. The number of benzene rings is 2. The maximum Gasteiger partial charge on any atom is 0.262 e. The molecule has 1 atom stereocenters. The highest BCUT2D eigenvalue weighted by Crippen LogP contribution is 2.33. The number of amides is 1. The van der Waals surface area contributed by atoms with Crippen molar-refractivity contribution in [2.24, 2.45) is 0 Å². The molecule has 2 aromatic carbocycles. The van der Waals surface area contributed by atoms with Crippen molar-refractivity contribution in [2.45, 2.75) is 13.0 Å². The zero-order chi connectivity index (χ0) is 17.7. The van der Waals surface area contributed by atoms with Crippen molar-refractivity contribution in [1.82, 2.24) is 5.32 Å². The van der Waals surface area contributed by atoms with Crippen molar-refractivity contribution in [2.75, 3.05) is 0 Å². The van der Waals surface area contributed by atoms with Crippen LogP contribution in [0.3, 0.4) is 0 Å². The molecule has 0 heterocycles. The normalized spacial score (nSPS) is 12.3. The number of phenolic OH excluding ortho intramolecular Hbond substituents is 1. The highest BCUT2D eigenvalue weighted by molar-refractivity contribution is 9.11. The Kier molecular flexibility index (Phi) is 6.18. The molecule has 122 valence electrons. The van der Waals surface area contributed by atoms with E-state index in [2.05, 4.69) is 37.2 Å². The van der Waals surface area contributed by atoms with E-state index in [-0.39, 0.29) is 17.4 Å². The topological polar surface area (TPSA) is 73.1 Å². The molecule has 0 spiro atoms. The number of nitrogens with zero attached hydrogens (tertiary/aromatic N) is 1. The number of phenols is 1. The summed E-state index contributed by atoms with van der Waals surface area (Å²) >= 11 is 6.54. The molecule has 0 aliphatic carbocycles. The monoisotopic (exact) mass is 448 g/mol. The first-order chi connectivity index (χ1) is 11.4. The number of carbonyl (C=O) groups excluding carboxylic acids is 1. The van der Waals surface area contributed by atoms with Crippen molar-refractivity contribution >= 4 is 43.8 Å². The Morgan fingerprint density at radius 3 is 2.58 bits per heavy atom. The molecule has 0 saturated carbocycles. The lowest BCUT2D eigenvalue weighted by Crippen LogP contribution is -2.27. The van der Waals surface area contributed by atoms with E-state index < -0.39 is 5.91 Å². The van der Waals surface area contributed by atoms with Crippen molar-refractivity contribution in [3.63, 3.8) is 0 Å². The lowest BCUT2D eigenvalue weighted by atomic mass is 10.1. The van der Waals surface area contributed by atoms with Gasteiger partial charge in [0.1, 0.15) is 17.4 Å². The third kappa shape index (κ3) is 4.47. The Labute approximate surface area is 157 Å². The Hall–Kier alpha value is -2.10. The molecule has 0 fully saturated rings. The van der Waals surface area contributed by atoms with Gasteiger partial charge < -0.3 is 10.4 Å². The molecule has 0 aromatic heterocycles. The van der Waals surface area contributed by atoms with Gasteiger partial charge in [-0.05, 0) is 46.6 Å². The SMILES string of the molecule is C[C@@H](NC(=O)/C(C#N)=C/c1cc(Br)cc(Br)c1O)c1ccccc1. The van der Waals surface area contributed by atoms with Gasteiger partial charge in [-0.2, -0.15) is 5.26 Å². The Morgan fingerprint density at radius 2 is 1.96 bits per heavy atom. The first-order valence-corrected chi connectivity index (χ1v) is 8.66. The molecule has 0 radical (unpaired) electrons. The smallest absolute Gasteiger partial charge is 0.262 e. The molecule has 0 bridgehead atoms. The molecule has 6 heteroatoms. The second-order valence-corrected chi connectivity index (χ2v) is 6.87. The standard InChI is InChI=1S/C18H14Br2N2O2/c1-11(12-5-3-2-4-6-12)22-18(24)14(10-21)7-13-8-15(19)9-16(20)17(13)23/h2-9,11,23H,1H3,(H,22,24)/b14-7+/t11-/m1/s1. The van der Waals surface area contributed by atoms with Crippen LogP contribution in [-0.2, 0) is 4.79 Å². The van der Waals surface area contributed by atoms with Gasteiger partial charge in [-0.3, -0.25) is 4.79 Å². The van der Waals surface area contributed by atoms with Crippen LogP contribution in [0.15, 0.2) is 57.0 Å². The number of carbonyl (C=O) groups is 1. The average Bonchev–Trinajstić information content (AvgIpc) is 2.57. The molecule has 0 aliphatic rings. The van der Waals surface area contributed by atoms with E-state index in [1.807, 2.05) is 43.3 Å². The van der Waals surface area contributed by atoms with Gasteiger partial charge in [0, 0.05) is 10.0 Å². The van der Waals surface area contributed by atoms with Gasteiger partial charge in [0.25, 0.3) is 5.91 Å². The predicted octanol–water partition coefficient (Wildman–Crippen LogP) is 4.70. The summed E-state index contributed by atoms with van der Waals surface area (Å²) in [5.41, 5.74) is 1.23. The predicted molar refractivity (Wildman–Crippen MR) is 100 cm³/mol. The van der Waals surface area contributed by atoms with Crippen LogP contribution in [0.1, 0.15) is 24.1 Å². The number of hydrogen-bond donors (Lipinski definition) is 2. The van der Waals surface area contributed by atoms with Crippen LogP contribution >= 0.6 is 31.9 Å². The summed E-state index contributed by atoms with van der Waals surface area (Å²) in [6, 6.07) is 14.4. The molecule has 0 aliphatic heterocycles. The molecule has 0 unspecified atom stereocenters. The number of rotatable bonds is 4. The van der Waals surface area contributed by atoms with Crippen LogP contribution in [0.2, 0.25) is 0 Å². The van der Waals surface area contributed by atoms with Crippen LogP contribution in [0.4, 0.5) is 0 Å². The Morgan fingerprint density at radius 1 is 1.29 bits per heavy atom. The first kappa shape index (κ1) is 18.2. The van der Waals surface area contributed by atoms with Crippen molar-refractivity contribution < 1.29 is 9.90 Å². The van der Waals surface area contributed by atoms with Crippen LogP contribution in [0.25, 0.3) is 6.08 Å². The Balaban J connectivity index is 2.25. The fourth-order valence-electron chi connectivity index (χ4n) is 2.10. The summed E-state index contributed by atoms with van der Waals surface area (Å²) in [5, 5.41) is 22.1. The van der Waals surface area contributed by atoms with Gasteiger partial charge in [0.2, 0.25) is 0 Å².